The largest absolute Gasteiger partial charge is 0.332 e. The van der Waals surface area contributed by atoms with Crippen LogP contribution in [0.2, 0.25) is 0 Å². The fourth-order valence-corrected chi connectivity index (χ4v) is 2.48. The van der Waals surface area contributed by atoms with Crippen LogP contribution in [0.3, 0.4) is 0 Å². The number of aryl methyl sites for hydroxylation is 1. The highest BCUT2D eigenvalue weighted by Crippen LogP contribution is 2.25. The summed E-state index contributed by atoms with van der Waals surface area (Å²) in [5.41, 5.74) is 8.93. The Morgan fingerprint density at radius 3 is 2.82 bits per heavy atom. The maximum atomic E-state index is 5.77. The van der Waals surface area contributed by atoms with E-state index in [0.29, 0.717) is 0 Å². The molecule has 1 aromatic heterocycles. The highest BCUT2D eigenvalue weighted by Gasteiger charge is 2.06. The van der Waals surface area contributed by atoms with E-state index < -0.39 is 0 Å². The molecule has 0 fully saturated rings. The van der Waals surface area contributed by atoms with Crippen molar-refractivity contribution in [3.8, 4) is 0 Å². The number of nitrogens with one attached hydrogen (secondary N) is 1. The third-order valence-corrected chi connectivity index (χ3v) is 4.06. The van der Waals surface area contributed by atoms with Crippen molar-refractivity contribution in [2.75, 3.05) is 5.32 Å². The Bertz CT molecular complexity index is 522. The Hall–Kier alpha value is -0.910. The van der Waals surface area contributed by atoms with E-state index >= 15 is 0 Å². The van der Waals surface area contributed by atoms with E-state index in [0.717, 1.165) is 21.0 Å². The topological polar surface area (TPSA) is 50.9 Å². The number of thiazole rings is 1. The van der Waals surface area contributed by atoms with Crippen molar-refractivity contribution in [3.05, 3.63) is 39.3 Å². The van der Waals surface area contributed by atoms with Crippen molar-refractivity contribution in [1.82, 2.24) is 4.98 Å². The van der Waals surface area contributed by atoms with E-state index in [-0.39, 0.29) is 6.04 Å². The van der Waals surface area contributed by atoms with E-state index in [1.807, 2.05) is 24.4 Å². The van der Waals surface area contributed by atoms with Gasteiger partial charge in [0.2, 0.25) is 0 Å². The summed E-state index contributed by atoms with van der Waals surface area (Å²) in [5.74, 6) is 0. The minimum Gasteiger partial charge on any atom is -0.332 e. The number of rotatable bonds is 3. The van der Waals surface area contributed by atoms with Crippen molar-refractivity contribution in [1.29, 1.82) is 0 Å². The maximum Gasteiger partial charge on any atom is 0.187 e. The van der Waals surface area contributed by atoms with Gasteiger partial charge in [-0.15, -0.1) is 11.3 Å². The highest BCUT2D eigenvalue weighted by molar-refractivity contribution is 9.10. The highest BCUT2D eigenvalue weighted by atomic mass is 79.9. The van der Waals surface area contributed by atoms with Crippen molar-refractivity contribution in [2.24, 2.45) is 5.73 Å². The Labute approximate surface area is 113 Å². The van der Waals surface area contributed by atoms with Crippen LogP contribution in [0.15, 0.2) is 28.1 Å². The molecule has 2 rings (SSSR count). The lowest BCUT2D eigenvalue weighted by atomic mass is 10.2. The summed E-state index contributed by atoms with van der Waals surface area (Å²) in [6.07, 6.45) is 0. The molecular weight excluding hydrogens is 298 g/mol. The molecule has 1 aromatic carbocycles. The van der Waals surface area contributed by atoms with Crippen LogP contribution in [-0.4, -0.2) is 4.98 Å². The number of anilines is 2. The molecule has 0 amide bonds. The van der Waals surface area contributed by atoms with Crippen molar-refractivity contribution in [3.63, 3.8) is 0 Å². The zero-order valence-electron chi connectivity index (χ0n) is 9.70. The summed E-state index contributed by atoms with van der Waals surface area (Å²) in [7, 11) is 0. The molecule has 2 aromatic rings. The molecule has 0 saturated heterocycles. The predicted octanol–water partition coefficient (Wildman–Crippen LogP) is 3.98. The third kappa shape index (κ3) is 3.06. The van der Waals surface area contributed by atoms with Gasteiger partial charge in [0, 0.05) is 21.6 Å². The first-order valence-electron chi connectivity index (χ1n) is 5.30. The molecule has 90 valence electrons. The van der Waals surface area contributed by atoms with Crippen LogP contribution >= 0.6 is 27.3 Å². The van der Waals surface area contributed by atoms with Gasteiger partial charge in [-0.25, -0.2) is 4.98 Å². The normalized spacial score (nSPS) is 12.5. The lowest BCUT2D eigenvalue weighted by Crippen LogP contribution is -2.05. The number of hydrogen-bond donors (Lipinski definition) is 2. The SMILES string of the molecule is Cc1cc(Nc2nc(C(C)N)cs2)ccc1Br. The van der Waals surface area contributed by atoms with Crippen molar-refractivity contribution in [2.45, 2.75) is 19.9 Å². The first-order valence-corrected chi connectivity index (χ1v) is 6.97. The molecule has 1 heterocycles. The molecular formula is C12H14BrN3S. The molecule has 0 spiro atoms. The Morgan fingerprint density at radius 1 is 1.47 bits per heavy atom. The second-order valence-electron chi connectivity index (χ2n) is 3.96. The Kier molecular flexibility index (Phi) is 3.81. The summed E-state index contributed by atoms with van der Waals surface area (Å²) in [5, 5.41) is 6.14. The minimum atomic E-state index is -0.0200. The molecule has 1 atom stereocenters. The lowest BCUT2D eigenvalue weighted by molar-refractivity contribution is 0.790. The summed E-state index contributed by atoms with van der Waals surface area (Å²) in [6, 6.07) is 6.10. The number of aromatic nitrogens is 1. The molecule has 0 aliphatic heterocycles. The lowest BCUT2D eigenvalue weighted by Gasteiger charge is -2.05. The van der Waals surface area contributed by atoms with Gasteiger partial charge < -0.3 is 11.1 Å². The van der Waals surface area contributed by atoms with Gasteiger partial charge in [-0.2, -0.15) is 0 Å². The van der Waals surface area contributed by atoms with Gasteiger partial charge in [-0.05, 0) is 37.6 Å². The minimum absolute atomic E-state index is 0.0200. The van der Waals surface area contributed by atoms with Gasteiger partial charge in [-0.3, -0.25) is 0 Å². The first-order chi connectivity index (χ1) is 8.06. The molecule has 5 heteroatoms. The van der Waals surface area contributed by atoms with Crippen LogP contribution < -0.4 is 11.1 Å². The Morgan fingerprint density at radius 2 is 2.24 bits per heavy atom. The average molecular weight is 312 g/mol. The summed E-state index contributed by atoms with van der Waals surface area (Å²) < 4.78 is 1.11. The van der Waals surface area contributed by atoms with Crippen LogP contribution in [0, 0.1) is 6.92 Å². The van der Waals surface area contributed by atoms with E-state index in [4.69, 9.17) is 5.73 Å². The van der Waals surface area contributed by atoms with Crippen LogP contribution in [0.25, 0.3) is 0 Å². The second kappa shape index (κ2) is 5.16. The molecule has 17 heavy (non-hydrogen) atoms. The zero-order chi connectivity index (χ0) is 12.4. The molecule has 1 unspecified atom stereocenters. The van der Waals surface area contributed by atoms with E-state index in [9.17, 15) is 0 Å². The molecule has 3 N–H and O–H groups in total. The average Bonchev–Trinajstić information content (AvgIpc) is 2.72. The number of nitrogens with two attached hydrogens (primary N) is 1. The molecule has 0 aliphatic carbocycles. The van der Waals surface area contributed by atoms with Crippen molar-refractivity contribution >= 4 is 38.1 Å². The molecule has 0 aliphatic rings. The second-order valence-corrected chi connectivity index (χ2v) is 5.67. The van der Waals surface area contributed by atoms with E-state index in [2.05, 4.69) is 39.2 Å². The van der Waals surface area contributed by atoms with E-state index in [1.54, 1.807) is 11.3 Å². The number of halogens is 1. The fourth-order valence-electron chi connectivity index (χ4n) is 1.40. The monoisotopic (exact) mass is 311 g/mol. The van der Waals surface area contributed by atoms with Crippen LogP contribution in [0.4, 0.5) is 10.8 Å². The number of nitrogens with zero attached hydrogens (tertiary/aromatic N) is 1. The standard InChI is InChI=1S/C12H14BrN3S/c1-7-5-9(3-4-10(7)13)15-12-16-11(6-17-12)8(2)14/h3-6,8H,14H2,1-2H3,(H,15,16). The fraction of sp³-hybridized carbons (Fsp3) is 0.250. The predicted molar refractivity (Wildman–Crippen MR) is 76.9 cm³/mol. The zero-order valence-corrected chi connectivity index (χ0v) is 12.1. The number of hydrogen-bond acceptors (Lipinski definition) is 4. The van der Waals surface area contributed by atoms with E-state index in [1.165, 1.54) is 5.56 Å². The van der Waals surface area contributed by atoms with Gasteiger partial charge in [0.05, 0.1) is 5.69 Å². The van der Waals surface area contributed by atoms with Crippen LogP contribution in [0.5, 0.6) is 0 Å². The molecule has 0 bridgehead atoms. The van der Waals surface area contributed by atoms with Gasteiger partial charge in [0.1, 0.15) is 0 Å². The number of benzene rings is 1. The smallest absolute Gasteiger partial charge is 0.187 e. The van der Waals surface area contributed by atoms with Gasteiger partial charge in [-0.1, -0.05) is 15.9 Å². The summed E-state index contributed by atoms with van der Waals surface area (Å²) in [4.78, 5) is 4.43. The van der Waals surface area contributed by atoms with Gasteiger partial charge in [0.15, 0.2) is 5.13 Å². The maximum absolute atomic E-state index is 5.77. The Balaban J connectivity index is 2.16. The first kappa shape index (κ1) is 12.5. The van der Waals surface area contributed by atoms with Crippen molar-refractivity contribution < 1.29 is 0 Å². The quantitative estimate of drug-likeness (QED) is 0.901. The van der Waals surface area contributed by atoms with Gasteiger partial charge in [0.25, 0.3) is 0 Å². The molecule has 0 radical (unpaired) electrons. The molecule has 0 saturated carbocycles. The summed E-state index contributed by atoms with van der Waals surface area (Å²) in [6.45, 7) is 3.99. The van der Waals surface area contributed by atoms with Crippen LogP contribution in [-0.2, 0) is 0 Å². The third-order valence-electron chi connectivity index (χ3n) is 2.40. The molecule has 3 nitrogen and oxygen atoms in total. The summed E-state index contributed by atoms with van der Waals surface area (Å²) >= 11 is 5.05. The van der Waals surface area contributed by atoms with Crippen LogP contribution in [0.1, 0.15) is 24.2 Å². The van der Waals surface area contributed by atoms with Gasteiger partial charge >= 0.3 is 0 Å².